The highest BCUT2D eigenvalue weighted by atomic mass is 32.2. The first-order valence-electron chi connectivity index (χ1n) is 12.6. The molecule has 0 N–H and O–H groups in total. The molecule has 3 aliphatic heterocycles. The third kappa shape index (κ3) is 4.51. The van der Waals surface area contributed by atoms with Gasteiger partial charge < -0.3 is 14.2 Å². The molecule has 0 aromatic heterocycles. The number of hydrogen-bond donors (Lipinski definition) is 0. The van der Waals surface area contributed by atoms with Crippen LogP contribution in [0, 0.1) is 0 Å². The lowest BCUT2D eigenvalue weighted by molar-refractivity contribution is -0.142. The maximum absolute atomic E-state index is 13.2. The predicted octanol–water partition coefficient (Wildman–Crippen LogP) is 3.98. The average molecular weight is 540 g/mol. The van der Waals surface area contributed by atoms with E-state index in [9.17, 15) is 13.2 Å². The first-order valence-corrected chi connectivity index (χ1v) is 14.0. The van der Waals surface area contributed by atoms with Crippen LogP contribution in [0.3, 0.4) is 0 Å². The Morgan fingerprint density at radius 2 is 1.89 bits per heavy atom. The molecule has 0 unspecified atom stereocenters. The molecule has 0 atom stereocenters. The van der Waals surface area contributed by atoms with Gasteiger partial charge in [0.25, 0.3) is 0 Å². The lowest BCUT2D eigenvalue weighted by Crippen LogP contribution is -2.36. The number of carbonyl (C=O) groups excluding carboxylic acids is 1. The highest BCUT2D eigenvalue weighted by molar-refractivity contribution is 7.91. The summed E-state index contributed by atoms with van der Waals surface area (Å²) in [6, 6.07) is 9.33. The van der Waals surface area contributed by atoms with Crippen molar-refractivity contribution in [3.63, 3.8) is 0 Å². The zero-order valence-corrected chi connectivity index (χ0v) is 23.4. The number of methoxy groups -OCH3 is 1. The molecule has 2 aromatic rings. The minimum atomic E-state index is -3.98. The van der Waals surface area contributed by atoms with Gasteiger partial charge >= 0.3 is 16.2 Å². The van der Waals surface area contributed by atoms with Crippen LogP contribution in [0.15, 0.2) is 47.7 Å². The summed E-state index contributed by atoms with van der Waals surface area (Å²) in [4.78, 5) is 17.1. The first-order chi connectivity index (χ1) is 17.8. The lowest BCUT2D eigenvalue weighted by Gasteiger charge is -2.31. The number of ether oxygens (including phenoxy) is 3. The van der Waals surface area contributed by atoms with Gasteiger partial charge in [-0.2, -0.15) is 8.42 Å². The number of nitrogens with zero attached hydrogens (tertiary/aromatic N) is 3. The van der Waals surface area contributed by atoms with E-state index in [4.69, 9.17) is 19.2 Å². The van der Waals surface area contributed by atoms with E-state index in [1.807, 2.05) is 24.3 Å². The fraction of sp³-hybridized carbons (Fsp3) is 0.429. The van der Waals surface area contributed by atoms with E-state index in [1.165, 1.54) is 12.4 Å². The Hall–Kier alpha value is -3.53. The van der Waals surface area contributed by atoms with Crippen molar-refractivity contribution in [1.29, 1.82) is 0 Å². The minimum absolute atomic E-state index is 0.180. The molecule has 3 aliphatic rings. The Labute approximate surface area is 223 Å². The quantitative estimate of drug-likeness (QED) is 0.515. The largest absolute Gasteiger partial charge is 0.493 e. The van der Waals surface area contributed by atoms with Crippen LogP contribution >= 0.6 is 0 Å². The van der Waals surface area contributed by atoms with Gasteiger partial charge in [-0.25, -0.2) is 8.61 Å². The molecule has 0 spiro atoms. The van der Waals surface area contributed by atoms with Crippen LogP contribution in [0.25, 0.3) is 0 Å². The molecule has 0 saturated carbocycles. The summed E-state index contributed by atoms with van der Waals surface area (Å²) >= 11 is 0. The molecule has 0 aliphatic carbocycles. The summed E-state index contributed by atoms with van der Waals surface area (Å²) in [5.41, 5.74) is 4.47. The first kappa shape index (κ1) is 26.1. The van der Waals surface area contributed by atoms with Crippen LogP contribution in [-0.4, -0.2) is 55.8 Å². The van der Waals surface area contributed by atoms with Crippen LogP contribution in [-0.2, 0) is 32.6 Å². The van der Waals surface area contributed by atoms with Gasteiger partial charge in [-0.3, -0.25) is 9.79 Å². The maximum atomic E-state index is 13.2. The predicted molar refractivity (Wildman–Crippen MR) is 145 cm³/mol. The molecule has 0 radical (unpaired) electrons. The third-order valence-electron chi connectivity index (χ3n) is 6.78. The third-order valence-corrected chi connectivity index (χ3v) is 8.45. The van der Waals surface area contributed by atoms with E-state index in [0.717, 1.165) is 48.7 Å². The summed E-state index contributed by atoms with van der Waals surface area (Å²) in [7, 11) is -2.33. The van der Waals surface area contributed by atoms with Crippen LogP contribution < -0.4 is 13.8 Å². The van der Waals surface area contributed by atoms with Crippen molar-refractivity contribution in [2.24, 2.45) is 4.99 Å². The Bertz CT molecular complexity index is 1480. The van der Waals surface area contributed by atoms with Crippen molar-refractivity contribution in [3.8, 4) is 11.5 Å². The van der Waals surface area contributed by atoms with E-state index in [-0.39, 0.29) is 24.3 Å². The molecule has 3 heterocycles. The van der Waals surface area contributed by atoms with Gasteiger partial charge in [0.2, 0.25) is 0 Å². The van der Waals surface area contributed by atoms with Gasteiger partial charge in [0, 0.05) is 35.5 Å². The average Bonchev–Trinajstić information content (AvgIpc) is 3.31. The standard InChI is InChI=1S/C28H33N3O6S/c1-7-36-23(32)17-30-11-12-31(38(30,33)34)20-10-8-9-18(13-20)25-24-19(15-27(2,3)29-25)14-22(35-6)26-21(24)16-28(4,5)37-26/h8-14H,7,15-17H2,1-6H3. The van der Waals surface area contributed by atoms with Gasteiger partial charge in [0.15, 0.2) is 11.5 Å². The smallest absolute Gasteiger partial charge is 0.330 e. The molecular weight excluding hydrogens is 506 g/mol. The summed E-state index contributed by atoms with van der Waals surface area (Å²) in [6.07, 6.45) is 4.25. The molecule has 38 heavy (non-hydrogen) atoms. The van der Waals surface area contributed by atoms with E-state index in [2.05, 4.69) is 27.7 Å². The second-order valence-electron chi connectivity index (χ2n) is 10.9. The molecule has 10 heteroatoms. The summed E-state index contributed by atoms with van der Waals surface area (Å²) in [6.45, 7) is 9.74. The summed E-state index contributed by atoms with van der Waals surface area (Å²) < 4.78 is 45.5. The van der Waals surface area contributed by atoms with Gasteiger partial charge in [0.05, 0.1) is 30.7 Å². The highest BCUT2D eigenvalue weighted by Gasteiger charge is 2.40. The number of rotatable bonds is 6. The SMILES string of the molecule is CCOC(=O)CN1C=CN(c2cccc(C3=NC(C)(C)Cc4cc(OC)c5c(c43)CC(C)(C)O5)c2)S1(=O)=O. The molecule has 0 bridgehead atoms. The van der Waals surface area contributed by atoms with Crippen LogP contribution in [0.4, 0.5) is 5.69 Å². The number of aliphatic imine (C=N–C) groups is 1. The second kappa shape index (κ2) is 9.04. The zero-order chi connectivity index (χ0) is 27.5. The fourth-order valence-corrected chi connectivity index (χ4v) is 6.60. The lowest BCUT2D eigenvalue weighted by atomic mass is 9.81. The number of anilines is 1. The fourth-order valence-electron chi connectivity index (χ4n) is 5.31. The number of hydrogen-bond acceptors (Lipinski definition) is 7. The van der Waals surface area contributed by atoms with Crippen molar-refractivity contribution in [1.82, 2.24) is 4.31 Å². The van der Waals surface area contributed by atoms with Crippen LogP contribution in [0.5, 0.6) is 11.5 Å². The van der Waals surface area contributed by atoms with Gasteiger partial charge in [-0.05, 0) is 64.8 Å². The highest BCUT2D eigenvalue weighted by Crippen LogP contribution is 2.48. The van der Waals surface area contributed by atoms with Crippen molar-refractivity contribution < 1.29 is 27.4 Å². The molecule has 0 saturated heterocycles. The van der Waals surface area contributed by atoms with E-state index >= 15 is 0 Å². The molecule has 5 rings (SSSR count). The van der Waals surface area contributed by atoms with Crippen molar-refractivity contribution in [2.75, 3.05) is 24.6 Å². The Morgan fingerprint density at radius 3 is 2.61 bits per heavy atom. The number of benzene rings is 2. The van der Waals surface area contributed by atoms with E-state index in [1.54, 1.807) is 20.1 Å². The minimum Gasteiger partial charge on any atom is -0.493 e. The normalized spacial score (nSPS) is 19.9. The number of esters is 1. The molecule has 2 aromatic carbocycles. The second-order valence-corrected chi connectivity index (χ2v) is 12.7. The molecular formula is C28H33N3O6S. The van der Waals surface area contributed by atoms with Gasteiger partial charge in [-0.15, -0.1) is 0 Å². The molecule has 0 fully saturated rings. The van der Waals surface area contributed by atoms with Crippen molar-refractivity contribution >= 4 is 27.6 Å². The van der Waals surface area contributed by atoms with Gasteiger partial charge in [-0.1, -0.05) is 12.1 Å². The zero-order valence-electron chi connectivity index (χ0n) is 22.6. The van der Waals surface area contributed by atoms with E-state index < -0.39 is 16.2 Å². The van der Waals surface area contributed by atoms with E-state index in [0.29, 0.717) is 17.9 Å². The van der Waals surface area contributed by atoms with Crippen molar-refractivity contribution in [3.05, 3.63) is 65.0 Å². The molecule has 202 valence electrons. The van der Waals surface area contributed by atoms with Gasteiger partial charge in [0.1, 0.15) is 12.1 Å². The van der Waals surface area contributed by atoms with Crippen molar-refractivity contribution in [2.45, 2.75) is 58.6 Å². The summed E-state index contributed by atoms with van der Waals surface area (Å²) in [5, 5.41) is 0. The van der Waals surface area contributed by atoms with Crippen LogP contribution in [0.2, 0.25) is 0 Å². The number of fused-ring (bicyclic) bond motifs is 3. The topological polar surface area (TPSA) is 97.7 Å². The maximum Gasteiger partial charge on any atom is 0.330 e. The monoisotopic (exact) mass is 539 g/mol. The Balaban J connectivity index is 1.57. The molecule has 0 amide bonds. The molecule has 9 nitrogen and oxygen atoms in total. The Kier molecular flexibility index (Phi) is 6.21. The number of carbonyl (C=O) groups is 1. The summed E-state index contributed by atoms with van der Waals surface area (Å²) in [5.74, 6) is 0.839. The van der Waals surface area contributed by atoms with Crippen LogP contribution in [0.1, 0.15) is 56.9 Å². The Morgan fingerprint density at radius 1 is 1.13 bits per heavy atom.